The van der Waals surface area contributed by atoms with Crippen LogP contribution in [-0.2, 0) is 6.42 Å². The van der Waals surface area contributed by atoms with Gasteiger partial charge in [-0.15, -0.1) is 8.58 Å². The van der Waals surface area contributed by atoms with Crippen LogP contribution in [0.15, 0.2) is 30.3 Å². The Hall–Kier alpha value is 0.0900. The Morgan fingerprint density at radius 3 is 1.32 bits per heavy atom. The van der Waals surface area contributed by atoms with Crippen molar-refractivity contribution in [3.63, 3.8) is 0 Å². The van der Waals surface area contributed by atoms with Gasteiger partial charge in [-0.25, -0.2) is 0 Å². The summed E-state index contributed by atoms with van der Waals surface area (Å²) in [5.74, 6) is 0. The summed E-state index contributed by atoms with van der Waals surface area (Å²) in [7, 11) is 1.11. The molecule has 1 N–H and O–H groups in total. The van der Waals surface area contributed by atoms with E-state index in [9.17, 15) is 0 Å². The number of hydrogen-bond acceptors (Lipinski definition) is 1. The van der Waals surface area contributed by atoms with Gasteiger partial charge in [-0.3, -0.25) is 0 Å². The van der Waals surface area contributed by atoms with E-state index in [2.05, 4.69) is 46.3 Å². The number of benzene rings is 1. The van der Waals surface area contributed by atoms with Crippen LogP contribution in [0.4, 0.5) is 0 Å². The fourth-order valence-corrected chi connectivity index (χ4v) is 7.07. The molecule has 2 unspecified atom stereocenters. The van der Waals surface area contributed by atoms with Crippen LogP contribution in [-0.4, -0.2) is 28.9 Å². The van der Waals surface area contributed by atoms with E-state index >= 15 is 0 Å². The maximum Gasteiger partial charge on any atom is 0.0431 e. The average molecular weight is 556 g/mol. The van der Waals surface area contributed by atoms with Crippen molar-refractivity contribution in [2.75, 3.05) is 18.1 Å². The highest BCUT2D eigenvalue weighted by Gasteiger charge is 2.07. The van der Waals surface area contributed by atoms with E-state index in [0.29, 0.717) is 6.61 Å². The second-order valence-electron chi connectivity index (χ2n) is 10.3. The first kappa shape index (κ1) is 32.1. The predicted octanol–water partition coefficient (Wildman–Crippen LogP) is 10.5. The minimum Gasteiger partial charge on any atom is -0.396 e. The summed E-state index contributed by atoms with van der Waals surface area (Å²) in [5.41, 5.74) is 2.31. The van der Waals surface area contributed by atoms with E-state index in [1.165, 1.54) is 140 Å². The fraction of sp³-hybridized carbons (Fsp3) is 0.806. The maximum absolute atomic E-state index is 8.77. The van der Waals surface area contributed by atoms with Crippen molar-refractivity contribution in [2.45, 2.75) is 140 Å². The van der Waals surface area contributed by atoms with Crippen molar-refractivity contribution < 1.29 is 5.11 Å². The molecule has 0 aliphatic carbocycles. The van der Waals surface area contributed by atoms with Crippen LogP contribution < -0.4 is 0 Å². The second kappa shape index (κ2) is 26.2. The molecule has 3 heteroatoms. The Morgan fingerprint density at radius 1 is 0.559 bits per heavy atom. The molecular formula is C31H56BrOP. The van der Waals surface area contributed by atoms with Gasteiger partial charge in [0.15, 0.2) is 0 Å². The molecule has 1 aromatic carbocycles. The summed E-state index contributed by atoms with van der Waals surface area (Å²) >= 11 is 3.74. The molecule has 0 saturated carbocycles. The predicted molar refractivity (Wildman–Crippen MR) is 160 cm³/mol. The number of halogens is 1. The summed E-state index contributed by atoms with van der Waals surface area (Å²) in [6.07, 6.45) is 30.7. The highest BCUT2D eigenvalue weighted by atomic mass is 79.9. The van der Waals surface area contributed by atoms with E-state index < -0.39 is 0 Å². The third-order valence-corrected chi connectivity index (χ3v) is 10.0. The third-order valence-electron chi connectivity index (χ3n) is 7.03. The van der Waals surface area contributed by atoms with Gasteiger partial charge in [0.1, 0.15) is 0 Å². The lowest BCUT2D eigenvalue weighted by Crippen LogP contribution is -2.07. The lowest BCUT2D eigenvalue weighted by Gasteiger charge is -2.14. The zero-order valence-electron chi connectivity index (χ0n) is 22.3. The van der Waals surface area contributed by atoms with E-state index in [1.54, 1.807) is 0 Å². The first-order valence-electron chi connectivity index (χ1n) is 14.8. The van der Waals surface area contributed by atoms with E-state index in [4.69, 9.17) is 5.11 Å². The van der Waals surface area contributed by atoms with Gasteiger partial charge in [0, 0.05) is 11.9 Å². The first-order chi connectivity index (χ1) is 16.9. The van der Waals surface area contributed by atoms with E-state index in [0.717, 1.165) is 26.0 Å². The Labute approximate surface area is 223 Å². The van der Waals surface area contributed by atoms with Crippen LogP contribution in [0.2, 0.25) is 0 Å². The molecule has 0 aliphatic rings. The minimum absolute atomic E-state index is 0.370. The van der Waals surface area contributed by atoms with Crippen molar-refractivity contribution >= 4 is 24.5 Å². The highest BCUT2D eigenvalue weighted by molar-refractivity contribution is 9.09. The largest absolute Gasteiger partial charge is 0.396 e. The van der Waals surface area contributed by atoms with Crippen LogP contribution >= 0.6 is 24.5 Å². The average Bonchev–Trinajstić information content (AvgIpc) is 2.87. The smallest absolute Gasteiger partial charge is 0.0431 e. The summed E-state index contributed by atoms with van der Waals surface area (Å²) in [5, 5.41) is 9.92. The molecule has 0 amide bonds. The van der Waals surface area contributed by atoms with Crippen LogP contribution in [0.25, 0.3) is 0 Å². The lowest BCUT2D eigenvalue weighted by molar-refractivity contribution is 0.282. The van der Waals surface area contributed by atoms with Crippen molar-refractivity contribution in [1.82, 2.24) is 0 Å². The first-order valence-corrected chi connectivity index (χ1v) is 17.2. The normalized spacial score (nSPS) is 12.6. The molecule has 34 heavy (non-hydrogen) atoms. The number of aliphatic hydroxyl groups is 1. The molecule has 1 rings (SSSR count). The Morgan fingerprint density at radius 2 is 0.941 bits per heavy atom. The Kier molecular flexibility index (Phi) is 24.7. The summed E-state index contributed by atoms with van der Waals surface area (Å²) < 4.78 is 0. The van der Waals surface area contributed by atoms with Crippen molar-refractivity contribution in [3.8, 4) is 0 Å². The molecule has 0 radical (unpaired) electrons. The number of aliphatic hydroxyl groups excluding tert-OH is 1. The molecule has 2 atom stereocenters. The number of unbranched alkanes of at least 4 members (excludes halogenated alkanes) is 19. The van der Waals surface area contributed by atoms with Gasteiger partial charge in [0.2, 0.25) is 0 Å². The quantitative estimate of drug-likeness (QED) is 0.0685. The zero-order valence-corrected chi connectivity index (χ0v) is 24.8. The number of rotatable bonds is 26. The van der Waals surface area contributed by atoms with Gasteiger partial charge in [0.25, 0.3) is 0 Å². The van der Waals surface area contributed by atoms with Crippen LogP contribution in [0.5, 0.6) is 0 Å². The summed E-state index contributed by atoms with van der Waals surface area (Å²) in [6.45, 7) is 0.370. The van der Waals surface area contributed by atoms with Crippen LogP contribution in [0.1, 0.15) is 134 Å². The van der Waals surface area contributed by atoms with Crippen molar-refractivity contribution in [3.05, 3.63) is 35.9 Å². The summed E-state index contributed by atoms with van der Waals surface area (Å²) in [6, 6.07) is 11.0. The van der Waals surface area contributed by atoms with Crippen molar-refractivity contribution in [1.29, 1.82) is 0 Å². The third kappa shape index (κ3) is 21.4. The molecule has 0 aromatic heterocycles. The van der Waals surface area contributed by atoms with Gasteiger partial charge in [-0.05, 0) is 36.6 Å². The zero-order chi connectivity index (χ0) is 24.4. The Bertz CT molecular complexity index is 509. The van der Waals surface area contributed by atoms with E-state index in [1.807, 2.05) is 0 Å². The van der Waals surface area contributed by atoms with Gasteiger partial charge < -0.3 is 5.11 Å². The van der Waals surface area contributed by atoms with Gasteiger partial charge in [0.05, 0.1) is 0 Å². The maximum atomic E-state index is 8.77. The molecule has 0 aliphatic heterocycles. The molecule has 0 fully saturated rings. The molecule has 0 heterocycles. The standard InChI is InChI=1S/C31H56BrOP/c32-29-31(28-30-24-20-19-21-25-30)34-27-23-18-16-14-12-10-8-6-4-2-1-3-5-7-9-11-13-15-17-22-26-33/h19-21,24-25,31,33-34H,1-18,22-23,26-29H2. The molecule has 0 bridgehead atoms. The summed E-state index contributed by atoms with van der Waals surface area (Å²) in [4.78, 5) is 0. The lowest BCUT2D eigenvalue weighted by atomic mass is 10.0. The van der Waals surface area contributed by atoms with Crippen LogP contribution in [0.3, 0.4) is 0 Å². The topological polar surface area (TPSA) is 20.2 Å². The minimum atomic E-state index is 0.370. The van der Waals surface area contributed by atoms with Gasteiger partial charge >= 0.3 is 0 Å². The van der Waals surface area contributed by atoms with Crippen LogP contribution in [0, 0.1) is 0 Å². The SMILES string of the molecule is OCCCCCCCCCCCCCCCCCCCCCCPC(CBr)Cc1ccccc1. The second-order valence-corrected chi connectivity index (χ2v) is 12.7. The molecule has 1 nitrogen and oxygen atoms in total. The molecule has 198 valence electrons. The van der Waals surface area contributed by atoms with E-state index in [-0.39, 0.29) is 0 Å². The molecular weight excluding hydrogens is 499 g/mol. The molecule has 0 saturated heterocycles. The highest BCUT2D eigenvalue weighted by Crippen LogP contribution is 2.26. The fourth-order valence-electron chi connectivity index (χ4n) is 4.80. The Balaban J connectivity index is 1.73. The molecule has 1 aromatic rings. The monoisotopic (exact) mass is 554 g/mol. The van der Waals surface area contributed by atoms with Gasteiger partial charge in [-0.1, -0.05) is 162 Å². The van der Waals surface area contributed by atoms with Gasteiger partial charge in [-0.2, -0.15) is 0 Å². The number of hydrogen-bond donors (Lipinski definition) is 1. The number of alkyl halides is 1. The van der Waals surface area contributed by atoms with Crippen molar-refractivity contribution in [2.24, 2.45) is 0 Å². The molecule has 0 spiro atoms.